The van der Waals surface area contributed by atoms with Crippen molar-refractivity contribution in [1.82, 2.24) is 10.3 Å². The Hall–Kier alpha value is -2.04. The number of carbonyl (C=O) groups excluding carboxylic acids is 1. The number of amides is 2. The fourth-order valence-electron chi connectivity index (χ4n) is 2.70. The number of methoxy groups -OCH3 is 2. The van der Waals surface area contributed by atoms with Gasteiger partial charge in [0.15, 0.2) is 26.5 Å². The van der Waals surface area contributed by atoms with Crippen LogP contribution in [0.25, 0.3) is 11.3 Å². The number of nitrogens with one attached hydrogen (secondary N) is 2. The second-order valence-corrected chi connectivity index (χ2v) is 9.48. The molecule has 2 amide bonds. The summed E-state index contributed by atoms with van der Waals surface area (Å²) in [6, 6.07) is 4.23. The van der Waals surface area contributed by atoms with E-state index < -0.39 is 27.3 Å². The van der Waals surface area contributed by atoms with Crippen LogP contribution in [0.5, 0.6) is 11.5 Å². The van der Waals surface area contributed by atoms with Gasteiger partial charge in [0, 0.05) is 10.9 Å². The zero-order valence-electron chi connectivity index (χ0n) is 14.6. The Kier molecular flexibility index (Phi) is 5.78. The lowest BCUT2D eigenvalue weighted by atomic mass is 10.1. The van der Waals surface area contributed by atoms with Crippen molar-refractivity contribution in [3.05, 3.63) is 23.6 Å². The highest BCUT2D eigenvalue weighted by Crippen LogP contribution is 2.33. The maximum Gasteiger partial charge on any atom is 0.321 e. The number of halogens is 1. The summed E-state index contributed by atoms with van der Waals surface area (Å²) in [5.41, 5.74) is 1.47. The fraction of sp³-hybridized carbons (Fsp3) is 0.375. The Morgan fingerprint density at radius 1 is 1.26 bits per heavy atom. The minimum Gasteiger partial charge on any atom is -0.493 e. The number of ether oxygens (including phenoxy) is 2. The minimum absolute atomic E-state index is 0.139. The molecule has 1 saturated heterocycles. The number of benzene rings is 1. The molecule has 1 fully saturated rings. The Bertz CT molecular complexity index is 947. The zero-order chi connectivity index (χ0) is 19.6. The molecule has 2 atom stereocenters. The smallest absolute Gasteiger partial charge is 0.321 e. The summed E-state index contributed by atoms with van der Waals surface area (Å²) in [5, 5.41) is 6.72. The standard InChI is InChI=1S/C16H18ClN3O5S2/c1-24-13-4-3-9(5-14(13)25-2)11-6-26-16(19-11)20-15(21)18-12-8-27(22,23)7-10(12)17/h3-6,10,12H,7-8H2,1-2H3,(H2,18,19,20,21)/t10-,12+/m1/s1. The van der Waals surface area contributed by atoms with E-state index in [0.29, 0.717) is 22.3 Å². The number of hydrogen-bond acceptors (Lipinski definition) is 7. The van der Waals surface area contributed by atoms with Gasteiger partial charge in [0.1, 0.15) is 0 Å². The molecule has 0 saturated carbocycles. The van der Waals surface area contributed by atoms with Crippen molar-refractivity contribution < 1.29 is 22.7 Å². The van der Waals surface area contributed by atoms with Crippen LogP contribution < -0.4 is 20.1 Å². The Balaban J connectivity index is 1.67. The summed E-state index contributed by atoms with van der Waals surface area (Å²) in [5.74, 6) is 0.881. The van der Waals surface area contributed by atoms with Crippen molar-refractivity contribution in [3.8, 4) is 22.8 Å². The molecule has 3 rings (SSSR count). The van der Waals surface area contributed by atoms with Crippen molar-refractivity contribution in [2.24, 2.45) is 0 Å². The second-order valence-electron chi connectivity index (χ2n) is 5.91. The lowest BCUT2D eigenvalue weighted by molar-refractivity contribution is 0.249. The molecule has 11 heteroatoms. The van der Waals surface area contributed by atoms with Gasteiger partial charge in [-0.1, -0.05) is 0 Å². The number of nitrogens with zero attached hydrogens (tertiary/aromatic N) is 1. The summed E-state index contributed by atoms with van der Waals surface area (Å²) >= 11 is 7.24. The van der Waals surface area contributed by atoms with Crippen molar-refractivity contribution >= 4 is 43.9 Å². The summed E-state index contributed by atoms with van der Waals surface area (Å²) in [6.07, 6.45) is 0. The first-order valence-electron chi connectivity index (χ1n) is 7.91. The van der Waals surface area contributed by atoms with E-state index in [1.807, 2.05) is 6.07 Å². The number of sulfone groups is 1. The molecule has 0 unspecified atom stereocenters. The number of urea groups is 1. The van der Waals surface area contributed by atoms with E-state index in [4.69, 9.17) is 21.1 Å². The maximum absolute atomic E-state index is 12.1. The molecule has 1 aliphatic heterocycles. The van der Waals surface area contributed by atoms with Gasteiger partial charge >= 0.3 is 6.03 Å². The highest BCUT2D eigenvalue weighted by Gasteiger charge is 2.37. The quantitative estimate of drug-likeness (QED) is 0.704. The van der Waals surface area contributed by atoms with Gasteiger partial charge in [0.05, 0.1) is 42.8 Å². The average Bonchev–Trinajstić information content (AvgIpc) is 3.17. The number of hydrogen-bond donors (Lipinski definition) is 2. The second kappa shape index (κ2) is 7.91. The fourth-order valence-corrected chi connectivity index (χ4v) is 5.96. The predicted molar refractivity (Wildman–Crippen MR) is 105 cm³/mol. The highest BCUT2D eigenvalue weighted by molar-refractivity contribution is 7.91. The Morgan fingerprint density at radius 2 is 2.00 bits per heavy atom. The molecular formula is C16H18ClN3O5S2. The largest absolute Gasteiger partial charge is 0.493 e. The van der Waals surface area contributed by atoms with Crippen LogP contribution in [0.4, 0.5) is 9.93 Å². The van der Waals surface area contributed by atoms with E-state index in [1.165, 1.54) is 11.3 Å². The van der Waals surface area contributed by atoms with Crippen LogP contribution in [-0.4, -0.2) is 56.6 Å². The number of rotatable bonds is 5. The molecule has 8 nitrogen and oxygen atoms in total. The van der Waals surface area contributed by atoms with Gasteiger partial charge in [-0.2, -0.15) is 0 Å². The predicted octanol–water partition coefficient (Wildman–Crippen LogP) is 2.35. The first-order valence-corrected chi connectivity index (χ1v) is 11.0. The first kappa shape index (κ1) is 19.7. The van der Waals surface area contributed by atoms with Gasteiger partial charge in [-0.05, 0) is 18.2 Å². The van der Waals surface area contributed by atoms with Gasteiger partial charge < -0.3 is 14.8 Å². The number of thiazole rings is 1. The average molecular weight is 432 g/mol. The molecule has 1 aromatic heterocycles. The minimum atomic E-state index is -3.22. The van der Waals surface area contributed by atoms with Gasteiger partial charge in [0.25, 0.3) is 0 Å². The lowest BCUT2D eigenvalue weighted by Crippen LogP contribution is -2.42. The maximum atomic E-state index is 12.1. The van der Waals surface area contributed by atoms with Crippen molar-refractivity contribution in [2.45, 2.75) is 11.4 Å². The van der Waals surface area contributed by atoms with E-state index in [9.17, 15) is 13.2 Å². The number of alkyl halides is 1. The molecule has 0 aliphatic carbocycles. The molecule has 1 aromatic carbocycles. The Labute approximate surface area is 165 Å². The molecule has 1 aliphatic rings. The Morgan fingerprint density at radius 3 is 2.63 bits per heavy atom. The van der Waals surface area contributed by atoms with E-state index >= 15 is 0 Å². The molecule has 27 heavy (non-hydrogen) atoms. The summed E-state index contributed by atoms with van der Waals surface area (Å²) in [4.78, 5) is 16.5. The van der Waals surface area contributed by atoms with Gasteiger partial charge in [-0.3, -0.25) is 5.32 Å². The molecule has 2 aromatic rings. The third kappa shape index (κ3) is 4.63. The molecule has 0 spiro atoms. The van der Waals surface area contributed by atoms with E-state index in [1.54, 1.807) is 31.7 Å². The zero-order valence-corrected chi connectivity index (χ0v) is 17.0. The third-order valence-corrected chi connectivity index (χ3v) is 7.14. The molecule has 0 radical (unpaired) electrons. The van der Waals surface area contributed by atoms with Crippen LogP contribution in [0, 0.1) is 0 Å². The van der Waals surface area contributed by atoms with Crippen LogP contribution in [-0.2, 0) is 9.84 Å². The lowest BCUT2D eigenvalue weighted by Gasteiger charge is -2.14. The summed E-state index contributed by atoms with van der Waals surface area (Å²) < 4.78 is 33.6. The van der Waals surface area contributed by atoms with Crippen LogP contribution in [0.2, 0.25) is 0 Å². The van der Waals surface area contributed by atoms with Crippen molar-refractivity contribution in [3.63, 3.8) is 0 Å². The number of carbonyl (C=O) groups is 1. The number of aromatic nitrogens is 1. The molecule has 0 bridgehead atoms. The van der Waals surface area contributed by atoms with Gasteiger partial charge in [0.2, 0.25) is 0 Å². The molecule has 146 valence electrons. The van der Waals surface area contributed by atoms with Crippen LogP contribution in [0.15, 0.2) is 23.6 Å². The van der Waals surface area contributed by atoms with Gasteiger partial charge in [-0.25, -0.2) is 18.2 Å². The molecule has 2 N–H and O–H groups in total. The summed E-state index contributed by atoms with van der Waals surface area (Å²) in [7, 11) is -0.111. The van der Waals surface area contributed by atoms with Gasteiger partial charge in [-0.15, -0.1) is 22.9 Å². The monoisotopic (exact) mass is 431 g/mol. The third-order valence-electron chi connectivity index (χ3n) is 4.00. The topological polar surface area (TPSA) is 107 Å². The van der Waals surface area contributed by atoms with E-state index in [2.05, 4.69) is 15.6 Å². The molecular weight excluding hydrogens is 414 g/mol. The van der Waals surface area contributed by atoms with Crippen LogP contribution in [0.1, 0.15) is 0 Å². The van der Waals surface area contributed by atoms with E-state index in [-0.39, 0.29) is 11.5 Å². The van der Waals surface area contributed by atoms with E-state index in [0.717, 1.165) is 5.56 Å². The summed E-state index contributed by atoms with van der Waals surface area (Å²) in [6.45, 7) is 0. The number of anilines is 1. The van der Waals surface area contributed by atoms with Crippen LogP contribution >= 0.6 is 22.9 Å². The normalized spacial score (nSPS) is 20.9. The SMILES string of the molecule is COc1ccc(-c2csc(NC(=O)N[C@H]3CS(=O)(=O)C[C@H]3Cl)n2)cc1OC. The molecule has 2 heterocycles. The first-order chi connectivity index (χ1) is 12.8. The highest BCUT2D eigenvalue weighted by atomic mass is 35.5. The van der Waals surface area contributed by atoms with Crippen molar-refractivity contribution in [1.29, 1.82) is 0 Å². The van der Waals surface area contributed by atoms with Crippen LogP contribution in [0.3, 0.4) is 0 Å². The van der Waals surface area contributed by atoms with Crippen molar-refractivity contribution in [2.75, 3.05) is 31.0 Å².